The first-order valence-corrected chi connectivity index (χ1v) is 12.4. The maximum atomic E-state index is 12.7. The Labute approximate surface area is 217 Å². The third kappa shape index (κ3) is 5.75. The lowest BCUT2D eigenvalue weighted by molar-refractivity contribution is -0.150. The zero-order valence-electron chi connectivity index (χ0n) is 20.8. The number of aromatic nitrogens is 3. The molecule has 1 aliphatic heterocycles. The first kappa shape index (κ1) is 25.6. The number of aryl methyl sites for hydroxylation is 1. The number of amides is 1. The van der Waals surface area contributed by atoms with Gasteiger partial charge in [0.2, 0.25) is 11.9 Å². The number of anilines is 2. The fraction of sp³-hybridized carbons (Fsp3) is 0.286. The van der Waals surface area contributed by atoms with Crippen LogP contribution in [0.5, 0.6) is 0 Å². The topological polar surface area (TPSA) is 91.8 Å². The molecular formula is C28H27F3N6O. The molecule has 5 rings (SSSR count). The van der Waals surface area contributed by atoms with Crippen LogP contribution in [-0.4, -0.2) is 46.2 Å². The monoisotopic (exact) mass is 520 g/mol. The molecule has 1 saturated heterocycles. The summed E-state index contributed by atoms with van der Waals surface area (Å²) in [5.41, 5.74) is 4.22. The Balaban J connectivity index is 1.54. The first-order valence-electron chi connectivity index (χ1n) is 12.4. The van der Waals surface area contributed by atoms with Crippen LogP contribution in [0.4, 0.5) is 24.8 Å². The Morgan fingerprint density at radius 3 is 2.71 bits per heavy atom. The van der Waals surface area contributed by atoms with Crippen LogP contribution in [0.25, 0.3) is 33.3 Å². The minimum Gasteiger partial charge on any atom is -0.350 e. The summed E-state index contributed by atoms with van der Waals surface area (Å²) in [7, 11) is 0. The lowest BCUT2D eigenvalue weighted by atomic mass is 9.93. The van der Waals surface area contributed by atoms with Gasteiger partial charge in [-0.05, 0) is 61.5 Å². The van der Waals surface area contributed by atoms with Gasteiger partial charge in [0.15, 0.2) is 0 Å². The number of alkyl halides is 3. The van der Waals surface area contributed by atoms with E-state index >= 15 is 0 Å². The molecule has 3 heterocycles. The number of nitrogens with zero attached hydrogens (tertiary/aromatic N) is 3. The third-order valence-corrected chi connectivity index (χ3v) is 6.51. The van der Waals surface area contributed by atoms with Crippen LogP contribution in [-0.2, 0) is 4.79 Å². The van der Waals surface area contributed by atoms with Gasteiger partial charge in [0.1, 0.15) is 6.42 Å². The summed E-state index contributed by atoms with van der Waals surface area (Å²) >= 11 is 0. The van der Waals surface area contributed by atoms with Gasteiger partial charge in [-0.2, -0.15) is 13.2 Å². The molecule has 2 aromatic heterocycles. The predicted molar refractivity (Wildman–Crippen MR) is 142 cm³/mol. The van der Waals surface area contributed by atoms with Crippen molar-refractivity contribution in [2.75, 3.05) is 23.7 Å². The summed E-state index contributed by atoms with van der Waals surface area (Å²) in [6.07, 6.45) is -0.605. The van der Waals surface area contributed by atoms with Crippen molar-refractivity contribution in [3.8, 4) is 22.5 Å². The van der Waals surface area contributed by atoms with Gasteiger partial charge in [-0.1, -0.05) is 24.3 Å². The van der Waals surface area contributed by atoms with E-state index in [0.29, 0.717) is 28.4 Å². The summed E-state index contributed by atoms with van der Waals surface area (Å²) in [4.78, 5) is 25.9. The Bertz CT molecular complexity index is 1470. The number of piperidine rings is 1. The van der Waals surface area contributed by atoms with Crippen molar-refractivity contribution in [1.29, 1.82) is 0 Å². The number of carbonyl (C=O) groups excluding carboxylic acids is 1. The van der Waals surface area contributed by atoms with Crippen molar-refractivity contribution in [1.82, 2.24) is 20.3 Å². The molecule has 0 spiro atoms. The van der Waals surface area contributed by atoms with Gasteiger partial charge < -0.3 is 16.0 Å². The van der Waals surface area contributed by atoms with Gasteiger partial charge in [-0.15, -0.1) is 0 Å². The molecule has 0 radical (unpaired) electrons. The summed E-state index contributed by atoms with van der Waals surface area (Å²) in [5.74, 6) is -0.574. The second-order valence-corrected chi connectivity index (χ2v) is 9.35. The van der Waals surface area contributed by atoms with E-state index < -0.39 is 18.5 Å². The summed E-state index contributed by atoms with van der Waals surface area (Å²) < 4.78 is 38.2. The number of hydrogen-bond acceptors (Lipinski definition) is 6. The highest BCUT2D eigenvalue weighted by Crippen LogP contribution is 2.38. The van der Waals surface area contributed by atoms with E-state index in [1.165, 1.54) is 0 Å². The molecule has 1 atom stereocenters. The molecule has 0 aliphatic carbocycles. The fourth-order valence-corrected chi connectivity index (χ4v) is 4.81. The highest BCUT2D eigenvalue weighted by molar-refractivity contribution is 6.08. The van der Waals surface area contributed by atoms with Crippen molar-refractivity contribution < 1.29 is 18.0 Å². The lowest BCUT2D eigenvalue weighted by Crippen LogP contribution is -2.38. The van der Waals surface area contributed by atoms with Crippen LogP contribution in [0.2, 0.25) is 0 Å². The SMILES string of the molecule is Cc1ccc2c(NC(=O)CC(F)(F)F)cccc2c1-c1ncccc1-c1ccnc(NC2CCCNC2)n1. The van der Waals surface area contributed by atoms with E-state index in [9.17, 15) is 18.0 Å². The van der Waals surface area contributed by atoms with Gasteiger partial charge >= 0.3 is 6.18 Å². The van der Waals surface area contributed by atoms with Gasteiger partial charge in [-0.3, -0.25) is 9.78 Å². The maximum Gasteiger partial charge on any atom is 0.397 e. The summed E-state index contributed by atoms with van der Waals surface area (Å²) in [6, 6.07) is 14.7. The highest BCUT2D eigenvalue weighted by Gasteiger charge is 2.31. The average Bonchev–Trinajstić information content (AvgIpc) is 2.88. The maximum absolute atomic E-state index is 12.7. The van der Waals surface area contributed by atoms with Crippen molar-refractivity contribution in [2.24, 2.45) is 0 Å². The second-order valence-electron chi connectivity index (χ2n) is 9.35. The molecule has 1 amide bonds. The number of pyridine rings is 1. The van der Waals surface area contributed by atoms with Crippen molar-refractivity contribution >= 4 is 28.3 Å². The van der Waals surface area contributed by atoms with Gasteiger partial charge in [-0.25, -0.2) is 9.97 Å². The van der Waals surface area contributed by atoms with E-state index in [1.54, 1.807) is 30.6 Å². The molecule has 4 aromatic rings. The standard InChI is InChI=1S/C28H27F3N6O/c1-17-9-10-19-20(6-2-8-22(19)36-24(38)15-28(29,30)31)25(17)26-21(7-4-13-33-26)23-11-14-34-27(37-23)35-18-5-3-12-32-16-18/h2,4,6-11,13-14,18,32H,3,5,12,15-16H2,1H3,(H,36,38)(H,34,35,37). The Hall–Kier alpha value is -4.05. The molecule has 196 valence electrons. The molecule has 38 heavy (non-hydrogen) atoms. The Morgan fingerprint density at radius 1 is 1.05 bits per heavy atom. The first-order chi connectivity index (χ1) is 18.3. The summed E-state index contributed by atoms with van der Waals surface area (Å²) in [5, 5.41) is 10.6. The van der Waals surface area contributed by atoms with Crippen LogP contribution in [0, 0.1) is 6.92 Å². The van der Waals surface area contributed by atoms with Gasteiger partial charge in [0.25, 0.3) is 0 Å². The van der Waals surface area contributed by atoms with Crippen LogP contribution < -0.4 is 16.0 Å². The zero-order chi connectivity index (χ0) is 26.7. The van der Waals surface area contributed by atoms with Crippen molar-refractivity contribution in [3.05, 3.63) is 66.5 Å². The molecule has 1 fully saturated rings. The van der Waals surface area contributed by atoms with Crippen LogP contribution in [0.15, 0.2) is 60.9 Å². The van der Waals surface area contributed by atoms with Crippen LogP contribution in [0.3, 0.4) is 0 Å². The predicted octanol–water partition coefficient (Wildman–Crippen LogP) is 5.72. The molecule has 1 aliphatic rings. The Kier molecular flexibility index (Phi) is 7.24. The van der Waals surface area contributed by atoms with Gasteiger partial charge in [0.05, 0.1) is 11.4 Å². The van der Waals surface area contributed by atoms with Gasteiger partial charge in [0, 0.05) is 47.2 Å². The third-order valence-electron chi connectivity index (χ3n) is 6.51. The molecule has 10 heteroatoms. The van der Waals surface area contributed by atoms with Crippen molar-refractivity contribution in [3.63, 3.8) is 0 Å². The number of rotatable bonds is 6. The smallest absolute Gasteiger partial charge is 0.350 e. The minimum atomic E-state index is -4.59. The Morgan fingerprint density at radius 2 is 1.92 bits per heavy atom. The lowest BCUT2D eigenvalue weighted by Gasteiger charge is -2.23. The molecular weight excluding hydrogens is 493 g/mol. The summed E-state index contributed by atoms with van der Waals surface area (Å²) in [6.45, 7) is 3.81. The largest absolute Gasteiger partial charge is 0.397 e. The number of halogens is 3. The number of benzene rings is 2. The molecule has 7 nitrogen and oxygen atoms in total. The van der Waals surface area contributed by atoms with E-state index in [2.05, 4.69) is 20.9 Å². The molecule has 0 saturated carbocycles. The number of carbonyl (C=O) groups is 1. The molecule has 2 aromatic carbocycles. The van der Waals surface area contributed by atoms with E-state index in [0.717, 1.165) is 48.0 Å². The second kappa shape index (κ2) is 10.7. The molecule has 3 N–H and O–H groups in total. The van der Waals surface area contributed by atoms with Crippen LogP contribution >= 0.6 is 0 Å². The fourth-order valence-electron chi connectivity index (χ4n) is 4.81. The number of nitrogens with one attached hydrogen (secondary N) is 3. The number of fused-ring (bicyclic) bond motifs is 1. The quantitative estimate of drug-likeness (QED) is 0.301. The normalized spacial score (nSPS) is 15.8. The van der Waals surface area contributed by atoms with E-state index in [-0.39, 0.29) is 6.04 Å². The molecule has 1 unspecified atom stereocenters. The minimum absolute atomic E-state index is 0.249. The van der Waals surface area contributed by atoms with Crippen LogP contribution in [0.1, 0.15) is 24.8 Å². The van der Waals surface area contributed by atoms with E-state index in [1.807, 2.05) is 37.3 Å². The van der Waals surface area contributed by atoms with Crippen molar-refractivity contribution in [2.45, 2.75) is 38.4 Å². The highest BCUT2D eigenvalue weighted by atomic mass is 19.4. The molecule has 0 bridgehead atoms. The average molecular weight is 521 g/mol. The number of hydrogen-bond donors (Lipinski definition) is 3. The van der Waals surface area contributed by atoms with E-state index in [4.69, 9.17) is 9.97 Å². The zero-order valence-corrected chi connectivity index (χ0v) is 20.8.